The normalized spacial score (nSPS) is 17.7. The molecule has 2 aliphatic heterocycles. The summed E-state index contributed by atoms with van der Waals surface area (Å²) in [6, 6.07) is 20.1. The van der Waals surface area contributed by atoms with Gasteiger partial charge in [0.2, 0.25) is 5.91 Å². The van der Waals surface area contributed by atoms with Crippen LogP contribution in [0.25, 0.3) is 0 Å². The lowest BCUT2D eigenvalue weighted by Gasteiger charge is -2.27. The molecule has 5 rings (SSSR count). The molecular formula is C25H22N4O3S. The van der Waals surface area contributed by atoms with Crippen molar-refractivity contribution in [1.29, 1.82) is 0 Å². The minimum absolute atomic E-state index is 0.134. The number of nitrogens with one attached hydrogen (secondary N) is 1. The molecule has 0 unspecified atom stereocenters. The summed E-state index contributed by atoms with van der Waals surface area (Å²) in [6.45, 7) is 2.25. The summed E-state index contributed by atoms with van der Waals surface area (Å²) in [5.41, 5.74) is 2.38. The van der Waals surface area contributed by atoms with Crippen LogP contribution in [-0.4, -0.2) is 33.0 Å². The number of benzene rings is 2. The first-order valence-corrected chi connectivity index (χ1v) is 11.6. The first-order valence-electron chi connectivity index (χ1n) is 10.8. The van der Waals surface area contributed by atoms with Crippen LogP contribution in [0.1, 0.15) is 36.3 Å². The Hall–Kier alpha value is -3.65. The van der Waals surface area contributed by atoms with Crippen LogP contribution in [0, 0.1) is 0 Å². The maximum Gasteiger partial charge on any atom is 0.263 e. The number of aliphatic imine (C=N–C) groups is 2. The number of nitrogens with zero attached hydrogens (tertiary/aromatic N) is 3. The van der Waals surface area contributed by atoms with Gasteiger partial charge < -0.3 is 9.73 Å². The van der Waals surface area contributed by atoms with Gasteiger partial charge in [0, 0.05) is 5.56 Å². The molecule has 8 heteroatoms. The predicted molar refractivity (Wildman–Crippen MR) is 128 cm³/mol. The van der Waals surface area contributed by atoms with Crippen molar-refractivity contribution in [2.75, 3.05) is 0 Å². The van der Waals surface area contributed by atoms with Crippen LogP contribution < -0.4 is 5.32 Å². The van der Waals surface area contributed by atoms with Crippen LogP contribution in [0.15, 0.2) is 87.4 Å². The molecule has 33 heavy (non-hydrogen) atoms. The van der Waals surface area contributed by atoms with Gasteiger partial charge in [0.25, 0.3) is 5.91 Å². The van der Waals surface area contributed by atoms with Crippen molar-refractivity contribution in [3.05, 3.63) is 89.9 Å². The van der Waals surface area contributed by atoms with Gasteiger partial charge >= 0.3 is 0 Å². The van der Waals surface area contributed by atoms with Crippen LogP contribution in [0.3, 0.4) is 0 Å². The molecule has 0 bridgehead atoms. The summed E-state index contributed by atoms with van der Waals surface area (Å²) in [5.74, 6) is 0.961. The number of fused-ring (bicyclic) bond motifs is 3. The molecule has 0 radical (unpaired) electrons. The van der Waals surface area contributed by atoms with Crippen LogP contribution in [0.4, 0.5) is 5.69 Å². The molecule has 166 valence electrons. The fourth-order valence-corrected chi connectivity index (χ4v) is 4.88. The van der Waals surface area contributed by atoms with E-state index in [0.29, 0.717) is 29.7 Å². The van der Waals surface area contributed by atoms with Crippen molar-refractivity contribution >= 4 is 40.3 Å². The van der Waals surface area contributed by atoms with Crippen molar-refractivity contribution in [1.82, 2.24) is 10.2 Å². The Labute approximate surface area is 195 Å². The van der Waals surface area contributed by atoms with Crippen LogP contribution in [-0.2, 0) is 16.1 Å². The quantitative estimate of drug-likeness (QED) is 0.592. The summed E-state index contributed by atoms with van der Waals surface area (Å²) in [6.07, 6.45) is 2.15. The monoisotopic (exact) mass is 458 g/mol. The molecule has 2 amide bonds. The van der Waals surface area contributed by atoms with Crippen molar-refractivity contribution in [2.24, 2.45) is 9.98 Å². The maximum atomic E-state index is 13.5. The molecule has 0 saturated carbocycles. The summed E-state index contributed by atoms with van der Waals surface area (Å²) in [7, 11) is 0. The molecule has 7 nitrogen and oxygen atoms in total. The summed E-state index contributed by atoms with van der Waals surface area (Å²) < 4.78 is 5.30. The van der Waals surface area contributed by atoms with Crippen molar-refractivity contribution in [3.8, 4) is 0 Å². The molecule has 0 spiro atoms. The third kappa shape index (κ3) is 4.09. The number of rotatable bonds is 6. The third-order valence-corrected chi connectivity index (χ3v) is 6.83. The van der Waals surface area contributed by atoms with E-state index in [1.54, 1.807) is 17.2 Å². The number of furan rings is 1. The second-order valence-corrected chi connectivity index (χ2v) is 8.83. The lowest BCUT2D eigenvalue weighted by Crippen LogP contribution is -2.42. The van der Waals surface area contributed by atoms with E-state index in [0.717, 1.165) is 16.8 Å². The van der Waals surface area contributed by atoms with Gasteiger partial charge in [-0.3, -0.25) is 9.59 Å². The second-order valence-electron chi connectivity index (χ2n) is 7.66. The summed E-state index contributed by atoms with van der Waals surface area (Å²) in [5, 5.41) is 2.95. The number of hydrogen-bond donors (Lipinski definition) is 1. The number of para-hydroxylation sites is 1. The van der Waals surface area contributed by atoms with Gasteiger partial charge in [0.05, 0.1) is 23.7 Å². The first-order chi connectivity index (χ1) is 16.2. The fourth-order valence-electron chi connectivity index (χ4n) is 3.83. The summed E-state index contributed by atoms with van der Waals surface area (Å²) >= 11 is 1.28. The molecule has 2 atom stereocenters. The van der Waals surface area contributed by atoms with Gasteiger partial charge in [-0.05, 0) is 36.2 Å². The van der Waals surface area contributed by atoms with E-state index in [1.165, 1.54) is 11.8 Å². The second kappa shape index (κ2) is 9.07. The zero-order valence-corrected chi connectivity index (χ0v) is 18.8. The maximum absolute atomic E-state index is 13.5. The van der Waals surface area contributed by atoms with Crippen LogP contribution >= 0.6 is 11.8 Å². The van der Waals surface area contributed by atoms with E-state index in [4.69, 9.17) is 14.4 Å². The van der Waals surface area contributed by atoms with Gasteiger partial charge in [-0.25, -0.2) is 14.9 Å². The first kappa shape index (κ1) is 21.2. The highest BCUT2D eigenvalue weighted by atomic mass is 32.2. The Morgan fingerprint density at radius 3 is 2.67 bits per heavy atom. The lowest BCUT2D eigenvalue weighted by molar-refractivity contribution is -0.125. The zero-order valence-electron chi connectivity index (χ0n) is 18.0. The number of carbonyl (C=O) groups is 2. The number of amidine groups is 2. The third-order valence-electron chi connectivity index (χ3n) is 5.51. The van der Waals surface area contributed by atoms with Crippen LogP contribution in [0.5, 0.6) is 0 Å². The minimum Gasteiger partial charge on any atom is -0.467 e. The average Bonchev–Trinajstić information content (AvgIpc) is 3.50. The van der Waals surface area contributed by atoms with E-state index in [2.05, 4.69) is 5.32 Å². The van der Waals surface area contributed by atoms with E-state index in [9.17, 15) is 9.59 Å². The van der Waals surface area contributed by atoms with Gasteiger partial charge in [-0.1, -0.05) is 61.2 Å². The number of hydrogen-bond acceptors (Lipinski definition) is 6. The Morgan fingerprint density at radius 2 is 1.91 bits per heavy atom. The molecule has 3 heterocycles. The molecule has 1 aromatic heterocycles. The topological polar surface area (TPSA) is 87.3 Å². The van der Waals surface area contributed by atoms with Crippen molar-refractivity contribution in [3.63, 3.8) is 0 Å². The Morgan fingerprint density at radius 1 is 1.12 bits per heavy atom. The Balaban J connectivity index is 1.43. The smallest absolute Gasteiger partial charge is 0.263 e. The zero-order chi connectivity index (χ0) is 22.8. The highest BCUT2D eigenvalue weighted by molar-refractivity contribution is 8.15. The number of thioether (sulfide) groups is 1. The fraction of sp³-hybridized carbons (Fsp3) is 0.200. The standard InChI is InChI=1S/C25H22N4O3S/c1-2-20(23(30)26-15-17-11-8-14-32-17)33-25-27-19-13-7-6-12-18(19)22-28-21(24(31)29(22)25)16-9-4-3-5-10-16/h3-14,20-21H,2,15H2,1H3,(H,26,30)/t20-,21-/m1/s1. The van der Waals surface area contributed by atoms with Gasteiger partial charge in [-0.15, -0.1) is 0 Å². The highest BCUT2D eigenvalue weighted by Crippen LogP contribution is 2.38. The van der Waals surface area contributed by atoms with Crippen molar-refractivity contribution in [2.45, 2.75) is 31.2 Å². The summed E-state index contributed by atoms with van der Waals surface area (Å²) in [4.78, 5) is 37.5. The van der Waals surface area contributed by atoms with Gasteiger partial charge in [0.1, 0.15) is 11.6 Å². The van der Waals surface area contributed by atoms with Gasteiger partial charge in [-0.2, -0.15) is 0 Å². The average molecular weight is 459 g/mol. The molecule has 0 aliphatic carbocycles. The number of carbonyl (C=O) groups excluding carboxylic acids is 2. The molecule has 1 N–H and O–H groups in total. The SMILES string of the molecule is CC[C@@H](SC1=Nc2ccccc2C2=N[C@H](c3ccccc3)C(=O)N12)C(=O)NCc1ccco1. The largest absolute Gasteiger partial charge is 0.467 e. The molecule has 2 aromatic carbocycles. The molecule has 0 saturated heterocycles. The lowest BCUT2D eigenvalue weighted by atomic mass is 10.1. The van der Waals surface area contributed by atoms with Gasteiger partial charge in [0.15, 0.2) is 11.2 Å². The molecule has 0 fully saturated rings. The Bertz CT molecular complexity index is 1240. The Kier molecular flexibility index (Phi) is 5.83. The van der Waals surface area contributed by atoms with E-state index < -0.39 is 11.3 Å². The van der Waals surface area contributed by atoms with E-state index >= 15 is 0 Å². The van der Waals surface area contributed by atoms with Crippen LogP contribution in [0.2, 0.25) is 0 Å². The van der Waals surface area contributed by atoms with E-state index in [-0.39, 0.29) is 11.8 Å². The van der Waals surface area contributed by atoms with Crippen molar-refractivity contribution < 1.29 is 14.0 Å². The number of amides is 2. The molecule has 3 aromatic rings. The predicted octanol–water partition coefficient (Wildman–Crippen LogP) is 4.44. The molecule has 2 aliphatic rings. The minimum atomic E-state index is -0.633. The van der Waals surface area contributed by atoms with E-state index in [1.807, 2.05) is 67.6 Å². The molecular weight excluding hydrogens is 436 g/mol. The highest BCUT2D eigenvalue weighted by Gasteiger charge is 2.43.